The van der Waals surface area contributed by atoms with Crippen molar-refractivity contribution >= 4 is 11.7 Å². The molecule has 0 radical (unpaired) electrons. The largest absolute Gasteiger partial charge is 0.493 e. The summed E-state index contributed by atoms with van der Waals surface area (Å²) in [7, 11) is 3.11. The maximum atomic E-state index is 14.5. The van der Waals surface area contributed by atoms with Gasteiger partial charge in [0.15, 0.2) is 28.9 Å². The van der Waals surface area contributed by atoms with Crippen molar-refractivity contribution in [2.75, 3.05) is 20.8 Å². The van der Waals surface area contributed by atoms with Gasteiger partial charge < -0.3 is 24.6 Å². The number of fused-ring (bicyclic) bond motifs is 8. The molecule has 0 heterocycles. The van der Waals surface area contributed by atoms with Crippen LogP contribution in [0.4, 0.5) is 8.78 Å². The molecule has 4 aromatic carbocycles. The Morgan fingerprint density at radius 1 is 0.873 bits per heavy atom. The van der Waals surface area contributed by atoms with Crippen molar-refractivity contribution in [3.63, 3.8) is 0 Å². The zero-order chi connectivity index (χ0) is 39.3. The lowest BCUT2D eigenvalue weighted by Crippen LogP contribution is -2.53. The molecule has 2 bridgehead atoms. The van der Waals surface area contributed by atoms with Crippen LogP contribution in [0.5, 0.6) is 11.5 Å². The Morgan fingerprint density at radius 3 is 2.36 bits per heavy atom. The maximum absolute atomic E-state index is 14.5. The summed E-state index contributed by atoms with van der Waals surface area (Å²) < 4.78 is 39.4. The number of methoxy groups -OCH3 is 2. The van der Waals surface area contributed by atoms with Gasteiger partial charge in [0.1, 0.15) is 0 Å². The molecule has 2 N–H and O–H groups in total. The van der Waals surface area contributed by atoms with E-state index < -0.39 is 34.5 Å². The van der Waals surface area contributed by atoms with Gasteiger partial charge in [-0.05, 0) is 116 Å². The topological polar surface area (TPSA) is 96.3 Å². The first kappa shape index (κ1) is 39.8. The lowest BCUT2D eigenvalue weighted by molar-refractivity contribution is -0.140. The number of aliphatic hydroxyl groups excluding tert-OH is 1. The summed E-state index contributed by atoms with van der Waals surface area (Å²) in [5.74, 6) is -2.02. The SMILES string of the molecule is COc1ccc(CC(=O)N(Cc2ccccc2)CC2(O)CCC3c4ccc(cc4C(=O)c4ccc(F)c(F)c4)CC(O)CCC(C)=CCCC32C)cc1OC. The van der Waals surface area contributed by atoms with E-state index in [1.54, 1.807) is 37.3 Å². The minimum atomic E-state index is -1.37. The number of carbonyl (C=O) groups is 2. The lowest BCUT2D eigenvalue weighted by atomic mass is 9.64. The molecule has 0 saturated heterocycles. The molecule has 3 aliphatic carbocycles. The van der Waals surface area contributed by atoms with Gasteiger partial charge in [-0.3, -0.25) is 9.59 Å². The smallest absolute Gasteiger partial charge is 0.227 e. The predicted molar refractivity (Wildman–Crippen MR) is 208 cm³/mol. The zero-order valence-electron chi connectivity index (χ0n) is 32.1. The molecule has 55 heavy (non-hydrogen) atoms. The Bertz CT molecular complexity index is 2050. The second kappa shape index (κ2) is 16.9. The minimum Gasteiger partial charge on any atom is -0.493 e. The Kier molecular flexibility index (Phi) is 12.2. The Hall–Kier alpha value is -4.86. The number of amides is 1. The van der Waals surface area contributed by atoms with Crippen LogP contribution in [0.15, 0.2) is 96.6 Å². The molecule has 1 saturated carbocycles. The van der Waals surface area contributed by atoms with Crippen LogP contribution in [-0.2, 0) is 24.2 Å². The molecular formula is C46H51F2NO6. The third-order valence-corrected chi connectivity index (χ3v) is 11.9. The van der Waals surface area contributed by atoms with Gasteiger partial charge in [0.2, 0.25) is 5.91 Å². The van der Waals surface area contributed by atoms with Crippen molar-refractivity contribution in [1.82, 2.24) is 4.90 Å². The summed E-state index contributed by atoms with van der Waals surface area (Å²) in [5, 5.41) is 24.0. The molecule has 4 aromatic rings. The fourth-order valence-electron chi connectivity index (χ4n) is 8.62. The Morgan fingerprint density at radius 2 is 1.64 bits per heavy atom. The fraction of sp³-hybridized carbons (Fsp3) is 0.391. The first-order valence-electron chi connectivity index (χ1n) is 19.1. The van der Waals surface area contributed by atoms with Crippen LogP contribution >= 0.6 is 0 Å². The number of ether oxygens (including phenoxy) is 2. The van der Waals surface area contributed by atoms with E-state index in [0.717, 1.165) is 34.4 Å². The first-order valence-corrected chi connectivity index (χ1v) is 19.1. The summed E-state index contributed by atoms with van der Waals surface area (Å²) in [6.45, 7) is 4.45. The van der Waals surface area contributed by atoms with Gasteiger partial charge in [-0.15, -0.1) is 0 Å². The lowest BCUT2D eigenvalue weighted by Gasteiger charge is -2.46. The molecule has 0 aromatic heterocycles. The van der Waals surface area contributed by atoms with Crippen molar-refractivity contribution in [3.05, 3.63) is 142 Å². The Balaban J connectivity index is 1.42. The number of halogens is 2. The monoisotopic (exact) mass is 751 g/mol. The summed E-state index contributed by atoms with van der Waals surface area (Å²) in [6.07, 6.45) is 5.26. The molecule has 1 fully saturated rings. The summed E-state index contributed by atoms with van der Waals surface area (Å²) in [5.41, 5.74) is 2.44. The number of benzene rings is 4. The molecule has 7 nitrogen and oxygen atoms in total. The van der Waals surface area contributed by atoms with Crippen LogP contribution in [0, 0.1) is 17.0 Å². The number of rotatable bonds is 10. The van der Waals surface area contributed by atoms with E-state index in [4.69, 9.17) is 9.47 Å². The van der Waals surface area contributed by atoms with Gasteiger partial charge in [-0.1, -0.05) is 67.1 Å². The van der Waals surface area contributed by atoms with Crippen LogP contribution in [-0.4, -0.2) is 59.3 Å². The average Bonchev–Trinajstić information content (AvgIpc) is 3.43. The molecule has 290 valence electrons. The van der Waals surface area contributed by atoms with Gasteiger partial charge in [0.05, 0.1) is 38.9 Å². The third-order valence-electron chi connectivity index (χ3n) is 11.9. The molecule has 4 unspecified atom stereocenters. The van der Waals surface area contributed by atoms with E-state index in [2.05, 4.69) is 19.9 Å². The second-order valence-electron chi connectivity index (χ2n) is 15.5. The van der Waals surface area contributed by atoms with E-state index in [1.807, 2.05) is 48.5 Å². The summed E-state index contributed by atoms with van der Waals surface area (Å²) in [6, 6.07) is 23.8. The molecule has 0 aliphatic heterocycles. The zero-order valence-corrected chi connectivity index (χ0v) is 32.1. The number of hydrogen-bond donors (Lipinski definition) is 2. The van der Waals surface area contributed by atoms with Crippen LogP contribution in [0.25, 0.3) is 0 Å². The van der Waals surface area contributed by atoms with E-state index in [9.17, 15) is 28.6 Å². The summed E-state index contributed by atoms with van der Waals surface area (Å²) in [4.78, 5) is 30.4. The third kappa shape index (κ3) is 8.68. The van der Waals surface area contributed by atoms with E-state index in [0.29, 0.717) is 67.6 Å². The fourth-order valence-corrected chi connectivity index (χ4v) is 8.62. The quantitative estimate of drug-likeness (QED) is 0.125. The molecule has 9 heteroatoms. The minimum absolute atomic E-state index is 0.0160. The van der Waals surface area contributed by atoms with Gasteiger partial charge in [-0.2, -0.15) is 0 Å². The molecule has 1 amide bonds. The van der Waals surface area contributed by atoms with E-state index >= 15 is 0 Å². The van der Waals surface area contributed by atoms with E-state index in [1.165, 1.54) is 6.07 Å². The highest BCUT2D eigenvalue weighted by Crippen LogP contribution is 2.59. The summed E-state index contributed by atoms with van der Waals surface area (Å²) >= 11 is 0. The second-order valence-corrected chi connectivity index (χ2v) is 15.5. The van der Waals surface area contributed by atoms with E-state index in [-0.39, 0.29) is 36.9 Å². The number of aliphatic hydroxyl groups is 2. The molecule has 4 atom stereocenters. The Labute approximate surface area is 322 Å². The van der Waals surface area contributed by atoms with Gasteiger partial charge in [0, 0.05) is 23.1 Å². The number of hydrogen-bond acceptors (Lipinski definition) is 6. The van der Waals surface area contributed by atoms with Crippen molar-refractivity contribution in [1.29, 1.82) is 0 Å². The molecular weight excluding hydrogens is 701 g/mol. The number of allylic oxidation sites excluding steroid dienone is 2. The van der Waals surface area contributed by atoms with Crippen LogP contribution in [0.3, 0.4) is 0 Å². The molecule has 0 spiro atoms. The van der Waals surface area contributed by atoms with Crippen molar-refractivity contribution < 1.29 is 38.1 Å². The highest BCUT2D eigenvalue weighted by Gasteiger charge is 2.57. The number of ketones is 1. The van der Waals surface area contributed by atoms with Gasteiger partial charge in [-0.25, -0.2) is 8.78 Å². The number of nitrogens with zero attached hydrogens (tertiary/aromatic N) is 1. The van der Waals surface area contributed by atoms with Crippen molar-refractivity contribution in [2.45, 2.75) is 89.4 Å². The maximum Gasteiger partial charge on any atom is 0.227 e. The molecule has 3 aliphatic rings. The normalized spacial score (nSPS) is 22.7. The van der Waals surface area contributed by atoms with Crippen LogP contribution in [0.1, 0.15) is 96.5 Å². The number of carbonyl (C=O) groups excluding carboxylic acids is 2. The average molecular weight is 752 g/mol. The van der Waals surface area contributed by atoms with Gasteiger partial charge in [0.25, 0.3) is 0 Å². The molecule has 7 rings (SSSR count). The first-order chi connectivity index (χ1) is 26.3. The van der Waals surface area contributed by atoms with Crippen molar-refractivity contribution in [2.24, 2.45) is 5.41 Å². The predicted octanol–water partition coefficient (Wildman–Crippen LogP) is 8.52. The van der Waals surface area contributed by atoms with Crippen molar-refractivity contribution in [3.8, 4) is 11.5 Å². The van der Waals surface area contributed by atoms with Crippen LogP contribution < -0.4 is 9.47 Å². The highest BCUT2D eigenvalue weighted by molar-refractivity contribution is 6.10. The highest BCUT2D eigenvalue weighted by atomic mass is 19.2. The van der Waals surface area contributed by atoms with Gasteiger partial charge >= 0.3 is 0 Å². The van der Waals surface area contributed by atoms with Crippen LogP contribution in [0.2, 0.25) is 0 Å². The standard InChI is InChI=1S/C46H51F2NO6/c1-30-9-8-21-45(2)38(36-17-13-32(23-35(50)16-12-30)24-37(36)44(52)34-15-18-39(47)40(48)27-34)20-22-46(45,53)29-49(28-31-10-6-5-7-11-31)43(51)26-33-14-19-41(54-3)42(25-33)55-4/h5-7,9-11,13-15,17-19,24-25,27,35,38,50,53H,8,12,16,20-23,26,28-29H2,1-4H3.